The maximum atomic E-state index is 14.6. The number of anilines is 1. The molecule has 170 valence electrons. The number of nitrogens with zero attached hydrogens (tertiary/aromatic N) is 2. The van der Waals surface area contributed by atoms with Crippen molar-refractivity contribution in [2.75, 3.05) is 31.6 Å². The second-order valence-electron chi connectivity index (χ2n) is 8.73. The fourth-order valence-electron chi connectivity index (χ4n) is 4.77. The van der Waals surface area contributed by atoms with Crippen LogP contribution in [0.4, 0.5) is 10.1 Å². The van der Waals surface area contributed by atoms with Crippen LogP contribution in [-0.2, 0) is 10.5 Å². The van der Waals surface area contributed by atoms with Crippen LogP contribution < -0.4 is 10.9 Å². The van der Waals surface area contributed by atoms with Gasteiger partial charge in [-0.05, 0) is 50.9 Å². The van der Waals surface area contributed by atoms with Crippen LogP contribution in [0.15, 0.2) is 16.9 Å². The highest BCUT2D eigenvalue weighted by molar-refractivity contribution is 7.99. The zero-order chi connectivity index (χ0) is 20.5. The number of likely N-dealkylation sites (tertiary alicyclic amines) is 1. The normalized spacial score (nSPS) is 21.2. The Kier molecular flexibility index (Phi) is 7.19. The average molecular weight is 449 g/mol. The van der Waals surface area contributed by atoms with Crippen LogP contribution in [0, 0.1) is 5.82 Å². The van der Waals surface area contributed by atoms with Crippen molar-refractivity contribution >= 4 is 28.4 Å². The van der Waals surface area contributed by atoms with Crippen LogP contribution in [0.25, 0.3) is 10.9 Å². The van der Waals surface area contributed by atoms with Gasteiger partial charge in [0.05, 0.1) is 30.5 Å². The van der Waals surface area contributed by atoms with Crippen molar-refractivity contribution in [1.29, 1.82) is 0 Å². The number of aromatic nitrogens is 2. The number of fused-ring (bicyclic) bond motifs is 1. The number of piperidine rings is 1. The van der Waals surface area contributed by atoms with Gasteiger partial charge in [0, 0.05) is 17.0 Å². The van der Waals surface area contributed by atoms with Gasteiger partial charge in [-0.3, -0.25) is 9.69 Å². The maximum absolute atomic E-state index is 14.6. The summed E-state index contributed by atoms with van der Waals surface area (Å²) >= 11 is 1.84. The van der Waals surface area contributed by atoms with E-state index in [9.17, 15) is 9.18 Å². The predicted molar refractivity (Wildman–Crippen MR) is 125 cm³/mol. The Bertz CT molecular complexity index is 950. The van der Waals surface area contributed by atoms with Crippen molar-refractivity contribution in [3.8, 4) is 0 Å². The first-order valence-corrected chi connectivity index (χ1v) is 12.1. The second kappa shape index (κ2) is 9.88. The SMILES string of the molecule is C.O=c1[nH]c(CSC2CCN(C3COC3)CC2)nc2cc(NC3CCCC3)cc(F)c12. The fraction of sp³-hybridized carbons (Fsp3) is 0.652. The highest BCUT2D eigenvalue weighted by Gasteiger charge is 2.29. The van der Waals surface area contributed by atoms with E-state index in [0.29, 0.717) is 34.4 Å². The van der Waals surface area contributed by atoms with Gasteiger partial charge >= 0.3 is 0 Å². The van der Waals surface area contributed by atoms with Gasteiger partial charge in [-0.25, -0.2) is 9.37 Å². The maximum Gasteiger partial charge on any atom is 0.261 e. The summed E-state index contributed by atoms with van der Waals surface area (Å²) in [6.45, 7) is 3.95. The summed E-state index contributed by atoms with van der Waals surface area (Å²) in [6, 6.07) is 4.24. The fourth-order valence-corrected chi connectivity index (χ4v) is 5.84. The van der Waals surface area contributed by atoms with Crippen LogP contribution in [-0.4, -0.2) is 58.5 Å². The molecule has 2 N–H and O–H groups in total. The van der Waals surface area contributed by atoms with E-state index < -0.39 is 5.82 Å². The molecule has 2 aliphatic heterocycles. The number of hydrogen-bond acceptors (Lipinski definition) is 6. The number of rotatable bonds is 6. The van der Waals surface area contributed by atoms with Crippen LogP contribution in [0.1, 0.15) is 51.8 Å². The molecule has 5 rings (SSSR count). The van der Waals surface area contributed by atoms with E-state index in [0.717, 1.165) is 57.7 Å². The highest BCUT2D eigenvalue weighted by Crippen LogP contribution is 2.29. The minimum atomic E-state index is -0.506. The van der Waals surface area contributed by atoms with Crippen molar-refractivity contribution in [3.63, 3.8) is 0 Å². The molecule has 3 aliphatic rings. The van der Waals surface area contributed by atoms with E-state index in [-0.39, 0.29) is 18.4 Å². The first-order chi connectivity index (χ1) is 14.7. The summed E-state index contributed by atoms with van der Waals surface area (Å²) in [6.07, 6.45) is 6.92. The Balaban J connectivity index is 0.00000231. The van der Waals surface area contributed by atoms with Crippen LogP contribution >= 0.6 is 11.8 Å². The molecule has 2 saturated heterocycles. The zero-order valence-corrected chi connectivity index (χ0v) is 18.0. The predicted octanol–water partition coefficient (Wildman–Crippen LogP) is 4.15. The molecule has 6 nitrogen and oxygen atoms in total. The first-order valence-electron chi connectivity index (χ1n) is 11.1. The summed E-state index contributed by atoms with van der Waals surface area (Å²) in [7, 11) is 0. The average Bonchev–Trinajstić information content (AvgIpc) is 3.18. The third kappa shape index (κ3) is 5.07. The van der Waals surface area contributed by atoms with E-state index in [1.165, 1.54) is 18.9 Å². The molecule has 1 saturated carbocycles. The molecule has 2 aromatic rings. The van der Waals surface area contributed by atoms with Crippen LogP contribution in [0.3, 0.4) is 0 Å². The number of ether oxygens (including phenoxy) is 1. The third-order valence-corrected chi connectivity index (χ3v) is 7.99. The van der Waals surface area contributed by atoms with Gasteiger partial charge in [0.2, 0.25) is 0 Å². The van der Waals surface area contributed by atoms with Gasteiger partial charge in [0.1, 0.15) is 17.0 Å². The Morgan fingerprint density at radius 1 is 1.19 bits per heavy atom. The second-order valence-corrected chi connectivity index (χ2v) is 10.0. The lowest BCUT2D eigenvalue weighted by Crippen LogP contribution is -2.52. The molecule has 8 heteroatoms. The van der Waals surface area contributed by atoms with Crippen molar-refractivity contribution in [2.24, 2.45) is 0 Å². The van der Waals surface area contributed by atoms with Gasteiger partial charge in [-0.2, -0.15) is 11.8 Å². The lowest BCUT2D eigenvalue weighted by molar-refractivity contribution is -0.0694. The lowest BCUT2D eigenvalue weighted by Gasteiger charge is -2.41. The topological polar surface area (TPSA) is 70.2 Å². The van der Waals surface area contributed by atoms with E-state index >= 15 is 0 Å². The Morgan fingerprint density at radius 2 is 1.94 bits per heavy atom. The molecule has 0 unspecified atom stereocenters. The Hall–Kier alpha value is -1.64. The summed E-state index contributed by atoms with van der Waals surface area (Å²) in [5.74, 6) is 0.766. The zero-order valence-electron chi connectivity index (χ0n) is 17.2. The molecular formula is C23H33FN4O2S. The molecule has 3 fully saturated rings. The number of aromatic amines is 1. The van der Waals surface area contributed by atoms with Gasteiger partial charge < -0.3 is 15.0 Å². The molecule has 0 amide bonds. The molecule has 0 radical (unpaired) electrons. The van der Waals surface area contributed by atoms with Crippen LogP contribution in [0.2, 0.25) is 0 Å². The van der Waals surface area contributed by atoms with Gasteiger partial charge in [-0.1, -0.05) is 20.3 Å². The summed E-state index contributed by atoms with van der Waals surface area (Å²) in [5.41, 5.74) is 0.769. The Morgan fingerprint density at radius 3 is 2.61 bits per heavy atom. The number of benzene rings is 1. The molecule has 1 aliphatic carbocycles. The molecule has 0 bridgehead atoms. The van der Waals surface area contributed by atoms with E-state index in [2.05, 4.69) is 20.2 Å². The smallest absolute Gasteiger partial charge is 0.261 e. The van der Waals surface area contributed by atoms with Gasteiger partial charge in [0.15, 0.2) is 0 Å². The highest BCUT2D eigenvalue weighted by atomic mass is 32.2. The number of thioether (sulfide) groups is 1. The van der Waals surface area contributed by atoms with Gasteiger partial charge in [0.25, 0.3) is 5.56 Å². The minimum absolute atomic E-state index is 0. The minimum Gasteiger partial charge on any atom is -0.382 e. The van der Waals surface area contributed by atoms with Crippen molar-refractivity contribution in [2.45, 2.75) is 69.0 Å². The molecule has 1 aromatic carbocycles. The standard InChI is InChI=1S/C22H29FN4O2S.CH4/c23-18-9-15(24-14-3-1-2-4-14)10-19-21(18)22(28)26-20(25-19)13-30-17-5-7-27(8-6-17)16-11-29-12-16;/h9-10,14,16-17,24H,1-8,11-13H2,(H,25,26,28);1H4. The number of H-pyrrole nitrogens is 1. The van der Waals surface area contributed by atoms with Gasteiger partial charge in [-0.15, -0.1) is 0 Å². The Labute approximate surface area is 187 Å². The number of halogens is 1. The van der Waals surface area contributed by atoms with E-state index in [4.69, 9.17) is 4.74 Å². The largest absolute Gasteiger partial charge is 0.382 e. The third-order valence-electron chi connectivity index (χ3n) is 6.60. The molecule has 31 heavy (non-hydrogen) atoms. The molecule has 0 atom stereocenters. The summed E-state index contributed by atoms with van der Waals surface area (Å²) in [4.78, 5) is 22.4. The summed E-state index contributed by atoms with van der Waals surface area (Å²) < 4.78 is 19.9. The van der Waals surface area contributed by atoms with E-state index in [1.807, 2.05) is 17.8 Å². The van der Waals surface area contributed by atoms with Crippen molar-refractivity contribution < 1.29 is 9.13 Å². The van der Waals surface area contributed by atoms with Crippen LogP contribution in [0.5, 0.6) is 0 Å². The molecular weight excluding hydrogens is 415 g/mol. The lowest BCUT2D eigenvalue weighted by atomic mass is 10.1. The van der Waals surface area contributed by atoms with Crippen molar-refractivity contribution in [1.82, 2.24) is 14.9 Å². The van der Waals surface area contributed by atoms with Crippen molar-refractivity contribution in [3.05, 3.63) is 34.1 Å². The first kappa shape index (κ1) is 22.6. The quantitative estimate of drug-likeness (QED) is 0.692. The molecule has 0 spiro atoms. The monoisotopic (exact) mass is 448 g/mol. The number of hydrogen-bond donors (Lipinski definition) is 2. The summed E-state index contributed by atoms with van der Waals surface area (Å²) in [5, 5.41) is 4.03. The number of nitrogens with one attached hydrogen (secondary N) is 2. The van der Waals surface area contributed by atoms with E-state index in [1.54, 1.807) is 0 Å². The molecule has 1 aromatic heterocycles. The molecule has 3 heterocycles.